The van der Waals surface area contributed by atoms with E-state index in [2.05, 4.69) is 0 Å². The van der Waals surface area contributed by atoms with Crippen molar-refractivity contribution in [3.05, 3.63) is 77.9 Å². The van der Waals surface area contributed by atoms with E-state index in [-0.39, 0.29) is 11.9 Å². The minimum atomic E-state index is -0.568. The van der Waals surface area contributed by atoms with E-state index in [1.54, 1.807) is 24.3 Å². The zero-order valence-electron chi connectivity index (χ0n) is 23.4. The van der Waals surface area contributed by atoms with Gasteiger partial charge in [0.15, 0.2) is 0 Å². The van der Waals surface area contributed by atoms with Crippen LogP contribution < -0.4 is 4.74 Å². The van der Waals surface area contributed by atoms with Crippen LogP contribution in [-0.4, -0.2) is 28.7 Å². The Bertz CT molecular complexity index is 1250. The van der Waals surface area contributed by atoms with E-state index in [0.29, 0.717) is 11.1 Å². The number of ether oxygens (including phenoxy) is 3. The van der Waals surface area contributed by atoms with Crippen LogP contribution in [0.4, 0.5) is 0 Å². The molecule has 0 heterocycles. The molecule has 5 nitrogen and oxygen atoms in total. The molecule has 3 aromatic rings. The first-order valence-corrected chi connectivity index (χ1v) is 12.5. The molecule has 0 unspecified atom stereocenters. The maximum absolute atomic E-state index is 12.5. The van der Waals surface area contributed by atoms with Crippen LogP contribution in [0.25, 0.3) is 22.3 Å². The molecule has 0 bridgehead atoms. The molecule has 0 aliphatic heterocycles. The second-order valence-electron chi connectivity index (χ2n) is 12.1. The molecule has 3 rings (SSSR count). The molecule has 196 valence electrons. The monoisotopic (exact) mass is 502 g/mol. The summed E-state index contributed by atoms with van der Waals surface area (Å²) in [5.74, 6) is 0.00397. The molecular weight excluding hydrogens is 464 g/mol. The zero-order valence-corrected chi connectivity index (χ0v) is 23.4. The van der Waals surface area contributed by atoms with E-state index in [4.69, 9.17) is 14.2 Å². The molecule has 5 heteroatoms. The summed E-state index contributed by atoms with van der Waals surface area (Å²) in [5, 5.41) is 0. The van der Waals surface area contributed by atoms with Crippen LogP contribution in [0.5, 0.6) is 5.75 Å². The molecule has 0 aromatic heterocycles. The lowest BCUT2D eigenvalue weighted by molar-refractivity contribution is 0.00570. The summed E-state index contributed by atoms with van der Waals surface area (Å²) in [4.78, 5) is 25.0. The van der Waals surface area contributed by atoms with Crippen molar-refractivity contribution in [2.45, 2.75) is 79.1 Å². The Hall–Kier alpha value is -3.60. The quantitative estimate of drug-likeness (QED) is 0.330. The van der Waals surface area contributed by atoms with Crippen molar-refractivity contribution in [1.82, 2.24) is 0 Å². The Morgan fingerprint density at radius 3 is 1.38 bits per heavy atom. The number of carbonyl (C=O) groups excluding carboxylic acids is 2. The molecule has 0 atom stereocenters. The third-order valence-corrected chi connectivity index (χ3v) is 5.08. The van der Waals surface area contributed by atoms with Gasteiger partial charge in [-0.1, -0.05) is 36.4 Å². The Kier molecular flexibility index (Phi) is 7.87. The van der Waals surface area contributed by atoms with E-state index >= 15 is 0 Å². The first kappa shape index (κ1) is 28.0. The first-order valence-electron chi connectivity index (χ1n) is 12.5. The Balaban J connectivity index is 2.05. The highest BCUT2D eigenvalue weighted by Crippen LogP contribution is 2.41. The van der Waals surface area contributed by atoms with E-state index in [1.807, 2.05) is 105 Å². The summed E-state index contributed by atoms with van der Waals surface area (Å²) in [7, 11) is 0. The second kappa shape index (κ2) is 10.4. The number of esters is 2. The summed E-state index contributed by atoms with van der Waals surface area (Å²) in [6.45, 7) is 17.1. The van der Waals surface area contributed by atoms with Gasteiger partial charge in [-0.05, 0) is 109 Å². The lowest BCUT2D eigenvalue weighted by atomic mass is 9.92. The van der Waals surface area contributed by atoms with Crippen LogP contribution >= 0.6 is 0 Å². The third-order valence-electron chi connectivity index (χ3n) is 5.08. The van der Waals surface area contributed by atoms with Crippen LogP contribution in [0, 0.1) is 0 Å². The summed E-state index contributed by atoms with van der Waals surface area (Å²) in [6, 6.07) is 20.6. The van der Waals surface area contributed by atoms with Crippen molar-refractivity contribution in [3.8, 4) is 28.0 Å². The Morgan fingerprint density at radius 2 is 0.973 bits per heavy atom. The van der Waals surface area contributed by atoms with E-state index in [9.17, 15) is 9.59 Å². The highest BCUT2D eigenvalue weighted by atomic mass is 16.6. The van der Waals surface area contributed by atoms with Crippen molar-refractivity contribution in [1.29, 1.82) is 0 Å². The fraction of sp³-hybridized carbons (Fsp3) is 0.375. The average Bonchev–Trinajstić information content (AvgIpc) is 2.76. The van der Waals surface area contributed by atoms with Crippen LogP contribution in [0.1, 0.15) is 83.0 Å². The molecule has 0 fully saturated rings. The van der Waals surface area contributed by atoms with Crippen molar-refractivity contribution < 1.29 is 23.8 Å². The third kappa shape index (κ3) is 7.94. The second-order valence-corrected chi connectivity index (χ2v) is 12.1. The van der Waals surface area contributed by atoms with Gasteiger partial charge in [-0.25, -0.2) is 9.59 Å². The standard InChI is InChI=1S/C32H38O5/c1-30(2,3)35-26-12-10-11-25(21-13-17-23(18-14-21)28(33)36-31(4,5)6)27(26)22-15-19-24(20-16-22)29(34)37-32(7,8)9/h10-20H,1-9H3. The normalized spacial score (nSPS) is 12.1. The van der Waals surface area contributed by atoms with Crippen molar-refractivity contribution in [2.75, 3.05) is 0 Å². The van der Waals surface area contributed by atoms with Crippen LogP contribution in [0.2, 0.25) is 0 Å². The summed E-state index contributed by atoms with van der Waals surface area (Å²) in [5.41, 5.74) is 3.11. The lowest BCUT2D eigenvalue weighted by Crippen LogP contribution is -2.24. The van der Waals surface area contributed by atoms with E-state index < -0.39 is 16.8 Å². The summed E-state index contributed by atoms with van der Waals surface area (Å²) in [6.07, 6.45) is 0. The smallest absolute Gasteiger partial charge is 0.338 e. The number of benzene rings is 3. The minimum Gasteiger partial charge on any atom is -0.487 e. The first-order chi connectivity index (χ1) is 17.0. The zero-order chi connectivity index (χ0) is 27.6. The highest BCUT2D eigenvalue weighted by molar-refractivity contribution is 5.94. The predicted octanol–water partition coefficient (Wildman–Crippen LogP) is 8.11. The van der Waals surface area contributed by atoms with Crippen LogP contribution in [0.15, 0.2) is 66.7 Å². The summed E-state index contributed by atoms with van der Waals surface area (Å²) >= 11 is 0. The number of hydrogen-bond acceptors (Lipinski definition) is 5. The molecule has 0 saturated heterocycles. The average molecular weight is 503 g/mol. The molecule has 0 radical (unpaired) electrons. The van der Waals surface area contributed by atoms with Gasteiger partial charge in [0.25, 0.3) is 0 Å². The minimum absolute atomic E-state index is 0.359. The van der Waals surface area contributed by atoms with Crippen molar-refractivity contribution >= 4 is 11.9 Å². The Labute approximate surface area is 220 Å². The summed E-state index contributed by atoms with van der Waals surface area (Å²) < 4.78 is 17.4. The lowest BCUT2D eigenvalue weighted by Gasteiger charge is -2.25. The molecule has 0 aliphatic rings. The fourth-order valence-electron chi connectivity index (χ4n) is 3.72. The highest BCUT2D eigenvalue weighted by Gasteiger charge is 2.22. The SMILES string of the molecule is CC(C)(C)OC(=O)c1ccc(-c2cccc(OC(C)(C)C)c2-c2ccc(C(=O)OC(C)(C)C)cc2)cc1. The van der Waals surface area contributed by atoms with Gasteiger partial charge in [0, 0.05) is 5.56 Å². The molecule has 0 saturated carbocycles. The van der Waals surface area contributed by atoms with Gasteiger partial charge in [-0.2, -0.15) is 0 Å². The largest absolute Gasteiger partial charge is 0.487 e. The Morgan fingerprint density at radius 1 is 0.541 bits per heavy atom. The fourth-order valence-corrected chi connectivity index (χ4v) is 3.72. The van der Waals surface area contributed by atoms with Crippen LogP contribution in [0.3, 0.4) is 0 Å². The molecule has 0 spiro atoms. The van der Waals surface area contributed by atoms with E-state index in [0.717, 1.165) is 28.0 Å². The molecule has 0 amide bonds. The van der Waals surface area contributed by atoms with Gasteiger partial charge in [0.2, 0.25) is 0 Å². The molecule has 0 N–H and O–H groups in total. The van der Waals surface area contributed by atoms with Gasteiger partial charge in [0.05, 0.1) is 11.1 Å². The van der Waals surface area contributed by atoms with Gasteiger partial charge >= 0.3 is 11.9 Å². The van der Waals surface area contributed by atoms with Crippen molar-refractivity contribution in [2.24, 2.45) is 0 Å². The molecule has 0 aliphatic carbocycles. The van der Waals surface area contributed by atoms with Gasteiger partial charge in [-0.15, -0.1) is 0 Å². The maximum atomic E-state index is 12.5. The number of carbonyl (C=O) groups is 2. The molecular formula is C32H38O5. The molecule has 3 aromatic carbocycles. The van der Waals surface area contributed by atoms with E-state index in [1.165, 1.54) is 0 Å². The maximum Gasteiger partial charge on any atom is 0.338 e. The van der Waals surface area contributed by atoms with Gasteiger partial charge in [-0.3, -0.25) is 0 Å². The number of hydrogen-bond donors (Lipinski definition) is 0. The molecule has 37 heavy (non-hydrogen) atoms. The number of rotatable bonds is 5. The predicted molar refractivity (Wildman–Crippen MR) is 148 cm³/mol. The van der Waals surface area contributed by atoms with Gasteiger partial charge < -0.3 is 14.2 Å². The van der Waals surface area contributed by atoms with Crippen LogP contribution in [-0.2, 0) is 9.47 Å². The van der Waals surface area contributed by atoms with Crippen molar-refractivity contribution in [3.63, 3.8) is 0 Å². The van der Waals surface area contributed by atoms with Gasteiger partial charge in [0.1, 0.15) is 22.6 Å². The topological polar surface area (TPSA) is 61.8 Å².